The van der Waals surface area contributed by atoms with E-state index in [4.69, 9.17) is 9.47 Å². The first kappa shape index (κ1) is 23.4. The van der Waals surface area contributed by atoms with Gasteiger partial charge >= 0.3 is 5.97 Å². The Balaban J connectivity index is 1.47. The van der Waals surface area contributed by atoms with Gasteiger partial charge in [0.1, 0.15) is 10.6 Å². The normalized spacial score (nSPS) is 16.3. The number of H-pyrrole nitrogens is 1. The van der Waals surface area contributed by atoms with Gasteiger partial charge in [-0.1, -0.05) is 0 Å². The molecule has 35 heavy (non-hydrogen) atoms. The van der Waals surface area contributed by atoms with Crippen LogP contribution in [-0.2, 0) is 27.7 Å². The number of sulfonamides is 1. The van der Waals surface area contributed by atoms with E-state index in [0.29, 0.717) is 43.7 Å². The van der Waals surface area contributed by atoms with Gasteiger partial charge in [0.15, 0.2) is 0 Å². The summed E-state index contributed by atoms with van der Waals surface area (Å²) in [6.45, 7) is 1.77. The number of carbonyl (C=O) groups excluding carboxylic acids is 2. The molecule has 1 fully saturated rings. The van der Waals surface area contributed by atoms with Crippen LogP contribution in [0.4, 0.5) is 0 Å². The van der Waals surface area contributed by atoms with Gasteiger partial charge in [0.05, 0.1) is 19.8 Å². The molecule has 0 saturated carbocycles. The highest BCUT2D eigenvalue weighted by Crippen LogP contribution is 2.32. The van der Waals surface area contributed by atoms with Gasteiger partial charge in [-0.15, -0.1) is 0 Å². The Kier molecular flexibility index (Phi) is 6.02. The first-order chi connectivity index (χ1) is 16.8. The van der Waals surface area contributed by atoms with Gasteiger partial charge in [-0.3, -0.25) is 4.79 Å². The van der Waals surface area contributed by atoms with Gasteiger partial charge in [-0.2, -0.15) is 4.31 Å². The number of rotatable bonds is 5. The van der Waals surface area contributed by atoms with Gasteiger partial charge in [0.25, 0.3) is 5.91 Å². The van der Waals surface area contributed by atoms with Gasteiger partial charge in [-0.25, -0.2) is 13.2 Å². The number of fused-ring (bicyclic) bond motifs is 3. The molecule has 2 aliphatic heterocycles. The molecule has 1 N–H and O–H groups in total. The zero-order chi connectivity index (χ0) is 24.7. The number of nitrogens with one attached hydrogen (secondary N) is 1. The number of hydrogen-bond acceptors (Lipinski definition) is 6. The number of aromatic nitrogens is 1. The summed E-state index contributed by atoms with van der Waals surface area (Å²) >= 11 is 0. The lowest BCUT2D eigenvalue weighted by Crippen LogP contribution is -2.36. The lowest BCUT2D eigenvalue weighted by atomic mass is 10.0. The fourth-order valence-corrected chi connectivity index (χ4v) is 6.59. The quantitative estimate of drug-likeness (QED) is 0.543. The molecular formula is C25H27N3O6S. The summed E-state index contributed by atoms with van der Waals surface area (Å²) in [4.78, 5) is 30.6. The zero-order valence-corrected chi connectivity index (χ0v) is 20.5. The highest BCUT2D eigenvalue weighted by Gasteiger charge is 2.32. The molecule has 3 aromatic rings. The molecule has 2 aliphatic rings. The molecule has 10 heteroatoms. The fraction of sp³-hybridized carbons (Fsp3) is 0.360. The molecule has 184 valence electrons. The van der Waals surface area contributed by atoms with Crippen molar-refractivity contribution in [2.75, 3.05) is 33.9 Å². The number of aromatic amines is 1. The standard InChI is InChI=1S/C25H27N3O6S/c1-33-22-8-6-16(14-23(22)35(31,32)28-10-3-4-11-28)24(29)27-12-9-21-19(15-27)18-13-17(25(30)34-2)5-7-20(18)26-21/h5-8,13-14,26H,3-4,9-12,15H2,1-2H3. The Bertz CT molecular complexity index is 1420. The molecule has 9 nitrogen and oxygen atoms in total. The van der Waals surface area contributed by atoms with E-state index >= 15 is 0 Å². The monoisotopic (exact) mass is 497 g/mol. The van der Waals surface area contributed by atoms with Gasteiger partial charge in [-0.05, 0) is 49.2 Å². The van der Waals surface area contributed by atoms with E-state index in [1.165, 1.54) is 24.6 Å². The van der Waals surface area contributed by atoms with Gasteiger partial charge < -0.3 is 19.4 Å². The minimum atomic E-state index is -3.76. The molecule has 0 atom stereocenters. The van der Waals surface area contributed by atoms with E-state index in [1.54, 1.807) is 29.2 Å². The average molecular weight is 498 g/mol. The number of nitrogens with zero attached hydrogens (tertiary/aromatic N) is 2. The summed E-state index contributed by atoms with van der Waals surface area (Å²) < 4.78 is 38.1. The minimum Gasteiger partial charge on any atom is -0.495 e. The Morgan fingerprint density at radius 3 is 2.43 bits per heavy atom. The van der Waals surface area contributed by atoms with Crippen molar-refractivity contribution in [2.45, 2.75) is 30.7 Å². The first-order valence-corrected chi connectivity index (χ1v) is 13.0. The maximum absolute atomic E-state index is 13.5. The second-order valence-corrected chi connectivity index (χ2v) is 10.7. The van der Waals surface area contributed by atoms with E-state index in [-0.39, 0.29) is 16.6 Å². The van der Waals surface area contributed by atoms with Gasteiger partial charge in [0.2, 0.25) is 10.0 Å². The molecule has 0 bridgehead atoms. The SMILES string of the molecule is COC(=O)c1ccc2[nH]c3c(c2c1)CN(C(=O)c1ccc(OC)c(S(=O)(=O)N2CCCC2)c1)CC3. The number of methoxy groups -OCH3 is 2. The summed E-state index contributed by atoms with van der Waals surface area (Å²) in [5, 5.41) is 0.868. The first-order valence-electron chi connectivity index (χ1n) is 11.5. The van der Waals surface area contributed by atoms with Crippen LogP contribution in [0.15, 0.2) is 41.3 Å². The van der Waals surface area contributed by atoms with Crippen LogP contribution < -0.4 is 4.74 Å². The average Bonchev–Trinajstić information content (AvgIpc) is 3.55. The predicted octanol–water partition coefficient (Wildman–Crippen LogP) is 2.95. The third-order valence-corrected chi connectivity index (χ3v) is 8.70. The number of carbonyl (C=O) groups is 2. The van der Waals surface area contributed by atoms with E-state index in [9.17, 15) is 18.0 Å². The Hall–Kier alpha value is -3.37. The molecule has 1 saturated heterocycles. The molecule has 3 heterocycles. The third kappa shape index (κ3) is 4.06. The van der Waals surface area contributed by atoms with Crippen molar-refractivity contribution < 1.29 is 27.5 Å². The molecule has 0 unspecified atom stereocenters. The van der Waals surface area contributed by atoms with E-state index < -0.39 is 16.0 Å². The lowest BCUT2D eigenvalue weighted by Gasteiger charge is -2.28. The van der Waals surface area contributed by atoms with Crippen molar-refractivity contribution in [3.63, 3.8) is 0 Å². The minimum absolute atomic E-state index is 0.0141. The molecule has 0 aliphatic carbocycles. The highest BCUT2D eigenvalue weighted by molar-refractivity contribution is 7.89. The predicted molar refractivity (Wildman–Crippen MR) is 129 cm³/mol. The summed E-state index contributed by atoms with van der Waals surface area (Å²) in [7, 11) is -1.00. The van der Waals surface area contributed by atoms with Crippen LogP contribution in [0.25, 0.3) is 10.9 Å². The summed E-state index contributed by atoms with van der Waals surface area (Å²) in [6, 6.07) is 9.89. The van der Waals surface area contributed by atoms with E-state index in [0.717, 1.165) is 35.0 Å². The number of ether oxygens (including phenoxy) is 2. The molecule has 0 spiro atoms. The second kappa shape index (κ2) is 9.01. The lowest BCUT2D eigenvalue weighted by molar-refractivity contribution is 0.0600. The molecule has 1 aromatic heterocycles. The van der Waals surface area contributed by atoms with Crippen molar-refractivity contribution in [1.82, 2.24) is 14.2 Å². The molecule has 0 radical (unpaired) electrons. The number of esters is 1. The maximum atomic E-state index is 13.5. The zero-order valence-electron chi connectivity index (χ0n) is 19.7. The molecule has 2 aromatic carbocycles. The van der Waals surface area contributed by atoms with Crippen molar-refractivity contribution in [2.24, 2.45) is 0 Å². The largest absolute Gasteiger partial charge is 0.495 e. The number of benzene rings is 2. The summed E-state index contributed by atoms with van der Waals surface area (Å²) in [6.07, 6.45) is 2.26. The van der Waals surface area contributed by atoms with Crippen molar-refractivity contribution in [3.05, 3.63) is 58.8 Å². The highest BCUT2D eigenvalue weighted by atomic mass is 32.2. The molecule has 1 amide bonds. The Morgan fingerprint density at radius 1 is 0.971 bits per heavy atom. The fourth-order valence-electron chi connectivity index (χ4n) is 4.89. The van der Waals surface area contributed by atoms with Gasteiger partial charge in [0, 0.05) is 60.3 Å². The molecular weight excluding hydrogens is 470 g/mol. The Labute approximate surface area is 203 Å². The van der Waals surface area contributed by atoms with Crippen LogP contribution in [0.3, 0.4) is 0 Å². The van der Waals surface area contributed by atoms with Crippen LogP contribution in [0.2, 0.25) is 0 Å². The van der Waals surface area contributed by atoms with Crippen LogP contribution >= 0.6 is 0 Å². The van der Waals surface area contributed by atoms with Crippen LogP contribution in [0, 0.1) is 0 Å². The topological polar surface area (TPSA) is 109 Å². The maximum Gasteiger partial charge on any atom is 0.337 e. The van der Waals surface area contributed by atoms with Crippen LogP contribution in [0.5, 0.6) is 5.75 Å². The Morgan fingerprint density at radius 2 is 1.71 bits per heavy atom. The van der Waals surface area contributed by atoms with Crippen molar-refractivity contribution in [3.8, 4) is 5.75 Å². The van der Waals surface area contributed by atoms with Crippen LogP contribution in [-0.4, -0.2) is 68.3 Å². The number of hydrogen-bond donors (Lipinski definition) is 1. The van der Waals surface area contributed by atoms with Crippen LogP contribution in [0.1, 0.15) is 44.8 Å². The second-order valence-electron chi connectivity index (χ2n) is 8.79. The number of amides is 1. The summed E-state index contributed by atoms with van der Waals surface area (Å²) in [5.74, 6) is -0.452. The van der Waals surface area contributed by atoms with Crippen molar-refractivity contribution in [1.29, 1.82) is 0 Å². The smallest absolute Gasteiger partial charge is 0.337 e. The van der Waals surface area contributed by atoms with E-state index in [1.807, 2.05) is 6.07 Å². The summed E-state index contributed by atoms with van der Waals surface area (Å²) in [5.41, 5.74) is 3.60. The van der Waals surface area contributed by atoms with E-state index in [2.05, 4.69) is 4.98 Å². The molecule has 5 rings (SSSR count). The third-order valence-electron chi connectivity index (χ3n) is 6.78. The van der Waals surface area contributed by atoms with Crippen molar-refractivity contribution >= 4 is 32.8 Å².